The molecule has 0 aliphatic carbocycles. The van der Waals surface area contributed by atoms with Gasteiger partial charge in [0, 0.05) is 24.4 Å². The van der Waals surface area contributed by atoms with Crippen molar-refractivity contribution in [2.45, 2.75) is 13.1 Å². The number of rotatable bonds is 3. The Labute approximate surface area is 167 Å². The van der Waals surface area contributed by atoms with Gasteiger partial charge >= 0.3 is 6.18 Å². The molecule has 9 heteroatoms. The van der Waals surface area contributed by atoms with E-state index in [0.29, 0.717) is 5.69 Å². The second-order valence-electron chi connectivity index (χ2n) is 6.56. The van der Waals surface area contributed by atoms with Gasteiger partial charge in [0.15, 0.2) is 5.69 Å². The Morgan fingerprint density at radius 2 is 1.83 bits per heavy atom. The molecule has 4 aromatic rings. The summed E-state index contributed by atoms with van der Waals surface area (Å²) in [5.74, 6) is -0.668. The van der Waals surface area contributed by atoms with Crippen LogP contribution in [0, 0.1) is 6.92 Å². The van der Waals surface area contributed by atoms with Crippen molar-refractivity contribution in [2.75, 3.05) is 5.32 Å². The Balaban J connectivity index is 1.53. The molecule has 29 heavy (non-hydrogen) atoms. The zero-order valence-corrected chi connectivity index (χ0v) is 16.2. The van der Waals surface area contributed by atoms with Crippen LogP contribution in [0.1, 0.15) is 21.7 Å². The lowest BCUT2D eigenvalue weighted by molar-refractivity contribution is -0.141. The molecule has 0 radical (unpaired) electrons. The van der Waals surface area contributed by atoms with E-state index in [9.17, 15) is 18.0 Å². The van der Waals surface area contributed by atoms with E-state index >= 15 is 0 Å². The summed E-state index contributed by atoms with van der Waals surface area (Å²) in [5.41, 5.74) is 2.15. The molecule has 0 atom stereocenters. The van der Waals surface area contributed by atoms with Crippen molar-refractivity contribution in [1.82, 2.24) is 14.8 Å². The van der Waals surface area contributed by atoms with Crippen molar-refractivity contribution in [3.63, 3.8) is 0 Å². The second kappa shape index (κ2) is 7.00. The van der Waals surface area contributed by atoms with E-state index in [-0.39, 0.29) is 5.69 Å². The number of aryl methyl sites for hydroxylation is 2. The number of thiazole rings is 1. The number of alkyl halides is 3. The van der Waals surface area contributed by atoms with Crippen LogP contribution in [0.5, 0.6) is 0 Å². The van der Waals surface area contributed by atoms with Crippen LogP contribution in [-0.4, -0.2) is 20.7 Å². The molecule has 2 aromatic heterocycles. The van der Waals surface area contributed by atoms with Gasteiger partial charge < -0.3 is 5.32 Å². The van der Waals surface area contributed by atoms with Crippen LogP contribution in [0.3, 0.4) is 0 Å². The quantitative estimate of drug-likeness (QED) is 0.495. The molecule has 0 bridgehead atoms. The minimum absolute atomic E-state index is 0.178. The number of carbonyl (C=O) groups excluding carboxylic acids is 1. The van der Waals surface area contributed by atoms with Crippen LogP contribution in [-0.2, 0) is 13.2 Å². The number of nitrogens with one attached hydrogen (secondary N) is 1. The molecule has 2 aromatic carbocycles. The lowest BCUT2D eigenvalue weighted by Gasteiger charge is -2.06. The molecule has 0 saturated carbocycles. The Hall–Kier alpha value is -3.20. The summed E-state index contributed by atoms with van der Waals surface area (Å²) in [7, 11) is 1.29. The van der Waals surface area contributed by atoms with Crippen molar-refractivity contribution >= 4 is 33.1 Å². The van der Waals surface area contributed by atoms with Crippen molar-refractivity contribution in [1.29, 1.82) is 0 Å². The predicted molar refractivity (Wildman–Crippen MR) is 106 cm³/mol. The van der Waals surface area contributed by atoms with Crippen LogP contribution >= 0.6 is 11.3 Å². The molecular weight excluding hydrogens is 401 g/mol. The van der Waals surface area contributed by atoms with Crippen LogP contribution in [0.2, 0.25) is 0 Å². The number of hydrogen-bond acceptors (Lipinski definition) is 4. The summed E-state index contributed by atoms with van der Waals surface area (Å²) < 4.78 is 40.3. The molecule has 0 fully saturated rings. The summed E-state index contributed by atoms with van der Waals surface area (Å²) in [5, 5.41) is 6.79. The van der Waals surface area contributed by atoms with Gasteiger partial charge in [-0.25, -0.2) is 4.98 Å². The van der Waals surface area contributed by atoms with Crippen LogP contribution < -0.4 is 5.32 Å². The fourth-order valence-electron chi connectivity index (χ4n) is 2.86. The van der Waals surface area contributed by atoms with E-state index in [2.05, 4.69) is 21.5 Å². The molecule has 148 valence electrons. The minimum Gasteiger partial charge on any atom is -0.321 e. The standard InChI is InChI=1S/C20H15F3N4OS/c1-11-3-8-14-16(9-11)29-19(25-14)12-4-6-13(7-5-12)24-18(28)15-10-17(20(21,22)23)26-27(15)2/h3-10H,1-2H3,(H,24,28). The highest BCUT2D eigenvalue weighted by Crippen LogP contribution is 2.32. The minimum atomic E-state index is -4.60. The van der Waals surface area contributed by atoms with E-state index < -0.39 is 17.8 Å². The van der Waals surface area contributed by atoms with Gasteiger partial charge in [-0.3, -0.25) is 9.48 Å². The number of nitrogens with zero attached hydrogens (tertiary/aromatic N) is 3. The van der Waals surface area contributed by atoms with E-state index in [1.54, 1.807) is 23.5 Å². The average molecular weight is 416 g/mol. The van der Waals surface area contributed by atoms with Gasteiger partial charge in [-0.2, -0.15) is 18.3 Å². The van der Waals surface area contributed by atoms with Crippen molar-refractivity contribution < 1.29 is 18.0 Å². The second-order valence-corrected chi connectivity index (χ2v) is 7.59. The fraction of sp³-hybridized carbons (Fsp3) is 0.150. The number of anilines is 1. The first kappa shape index (κ1) is 19.1. The molecule has 0 aliphatic heterocycles. The van der Waals surface area contributed by atoms with Gasteiger partial charge in [0.2, 0.25) is 0 Å². The predicted octanol–water partition coefficient (Wildman–Crippen LogP) is 5.28. The zero-order chi connectivity index (χ0) is 20.8. The molecule has 0 spiro atoms. The SMILES string of the molecule is Cc1ccc2nc(-c3ccc(NC(=O)c4cc(C(F)(F)F)nn4C)cc3)sc2c1. The highest BCUT2D eigenvalue weighted by Gasteiger charge is 2.35. The zero-order valence-electron chi connectivity index (χ0n) is 15.4. The van der Waals surface area contributed by atoms with Gasteiger partial charge in [0.1, 0.15) is 10.7 Å². The highest BCUT2D eigenvalue weighted by atomic mass is 32.1. The number of amides is 1. The topological polar surface area (TPSA) is 59.8 Å². The normalized spacial score (nSPS) is 11.8. The Bertz CT molecular complexity index is 1210. The summed E-state index contributed by atoms with van der Waals surface area (Å²) in [6, 6.07) is 13.8. The smallest absolute Gasteiger partial charge is 0.321 e. The Kier molecular flexibility index (Phi) is 4.62. The largest absolute Gasteiger partial charge is 0.435 e. The third-order valence-electron chi connectivity index (χ3n) is 4.34. The summed E-state index contributed by atoms with van der Waals surface area (Å²) >= 11 is 1.57. The Morgan fingerprint density at radius 3 is 2.48 bits per heavy atom. The first-order chi connectivity index (χ1) is 13.7. The van der Waals surface area contributed by atoms with E-state index in [4.69, 9.17) is 0 Å². The number of halogens is 3. The number of aromatic nitrogens is 3. The fourth-order valence-corrected chi connectivity index (χ4v) is 3.93. The van der Waals surface area contributed by atoms with Gasteiger partial charge in [0.05, 0.1) is 10.2 Å². The molecule has 0 aliphatic rings. The lowest BCUT2D eigenvalue weighted by Crippen LogP contribution is -2.15. The lowest BCUT2D eigenvalue weighted by atomic mass is 10.2. The van der Waals surface area contributed by atoms with Gasteiger partial charge in [0.25, 0.3) is 5.91 Å². The first-order valence-corrected chi connectivity index (χ1v) is 9.42. The highest BCUT2D eigenvalue weighted by molar-refractivity contribution is 7.21. The maximum absolute atomic E-state index is 12.8. The maximum atomic E-state index is 12.8. The number of benzene rings is 2. The van der Waals surface area contributed by atoms with Gasteiger partial charge in [-0.1, -0.05) is 6.07 Å². The maximum Gasteiger partial charge on any atom is 0.435 e. The van der Waals surface area contributed by atoms with Crippen molar-refractivity contribution in [2.24, 2.45) is 7.05 Å². The molecule has 1 N–H and O–H groups in total. The van der Waals surface area contributed by atoms with E-state index in [0.717, 1.165) is 37.1 Å². The number of hydrogen-bond donors (Lipinski definition) is 1. The summed E-state index contributed by atoms with van der Waals surface area (Å²) in [6.45, 7) is 2.02. The molecule has 2 heterocycles. The van der Waals surface area contributed by atoms with E-state index in [1.807, 2.05) is 31.2 Å². The first-order valence-electron chi connectivity index (χ1n) is 8.61. The van der Waals surface area contributed by atoms with Crippen LogP contribution in [0.25, 0.3) is 20.8 Å². The number of carbonyl (C=O) groups is 1. The van der Waals surface area contributed by atoms with Gasteiger partial charge in [-0.05, 0) is 48.9 Å². The van der Waals surface area contributed by atoms with Crippen LogP contribution in [0.15, 0.2) is 48.5 Å². The molecule has 5 nitrogen and oxygen atoms in total. The monoisotopic (exact) mass is 416 g/mol. The molecule has 0 unspecified atom stereocenters. The summed E-state index contributed by atoms with van der Waals surface area (Å²) in [6.07, 6.45) is -4.60. The molecular formula is C20H15F3N4OS. The van der Waals surface area contributed by atoms with Crippen molar-refractivity contribution in [3.05, 3.63) is 65.5 Å². The van der Waals surface area contributed by atoms with Crippen molar-refractivity contribution in [3.8, 4) is 10.6 Å². The van der Waals surface area contributed by atoms with Gasteiger partial charge in [-0.15, -0.1) is 11.3 Å². The van der Waals surface area contributed by atoms with Crippen LogP contribution in [0.4, 0.5) is 18.9 Å². The third-order valence-corrected chi connectivity index (χ3v) is 5.40. The molecule has 4 rings (SSSR count). The average Bonchev–Trinajstić information content (AvgIpc) is 3.25. The molecule has 1 amide bonds. The molecule has 0 saturated heterocycles. The summed E-state index contributed by atoms with van der Waals surface area (Å²) in [4.78, 5) is 16.9. The number of fused-ring (bicyclic) bond motifs is 1. The van der Waals surface area contributed by atoms with E-state index in [1.165, 1.54) is 7.05 Å². The Morgan fingerprint density at radius 1 is 1.10 bits per heavy atom. The third kappa shape index (κ3) is 3.86.